The van der Waals surface area contributed by atoms with Crippen molar-refractivity contribution >= 4 is 24.0 Å². The van der Waals surface area contributed by atoms with E-state index in [1.54, 1.807) is 24.3 Å². The van der Waals surface area contributed by atoms with E-state index in [9.17, 15) is 9.18 Å². The van der Waals surface area contributed by atoms with E-state index >= 15 is 0 Å². The molecule has 0 atom stereocenters. The Labute approximate surface area is 182 Å². The number of halogens is 2. The molecule has 0 radical (unpaired) electrons. The van der Waals surface area contributed by atoms with Gasteiger partial charge in [0.25, 0.3) is 5.91 Å². The maximum Gasteiger partial charge on any atom is 0.294 e. The van der Waals surface area contributed by atoms with Gasteiger partial charge in [-0.3, -0.25) is 4.79 Å². The largest absolute Gasteiger partial charge is 0.459 e. The molecule has 158 valence electrons. The van der Waals surface area contributed by atoms with Crippen molar-refractivity contribution in [3.63, 3.8) is 0 Å². The second kappa shape index (κ2) is 10.4. The summed E-state index contributed by atoms with van der Waals surface area (Å²) in [5.41, 5.74) is 1.91. The van der Waals surface area contributed by atoms with Crippen LogP contribution in [0.5, 0.6) is 0 Å². The maximum absolute atomic E-state index is 13.4. The summed E-state index contributed by atoms with van der Waals surface area (Å²) in [5, 5.41) is 0. The summed E-state index contributed by atoms with van der Waals surface area (Å²) in [6, 6.07) is 20.2. The van der Waals surface area contributed by atoms with Gasteiger partial charge in [0.05, 0.1) is 6.26 Å². The fourth-order valence-corrected chi connectivity index (χ4v) is 3.98. The first-order valence-corrected chi connectivity index (χ1v) is 10.1. The molecule has 2 aromatic carbocycles. The van der Waals surface area contributed by atoms with Crippen molar-refractivity contribution in [2.24, 2.45) is 0 Å². The third-order valence-electron chi connectivity index (χ3n) is 5.51. The highest BCUT2D eigenvalue weighted by Gasteiger charge is 2.30. The molecule has 0 spiro atoms. The van der Waals surface area contributed by atoms with Gasteiger partial charge in [0.1, 0.15) is 5.82 Å². The summed E-state index contributed by atoms with van der Waals surface area (Å²) in [7, 11) is 0. The number of para-hydroxylation sites is 1. The SMILES string of the molecule is Cl.O=C(c1ccco1)N(c1ccccc1)C1CCN(CCc2cccc(F)c2)CC1. The summed E-state index contributed by atoms with van der Waals surface area (Å²) in [6.45, 7) is 2.72. The third-order valence-corrected chi connectivity index (χ3v) is 5.51. The zero-order valence-electron chi connectivity index (χ0n) is 16.7. The van der Waals surface area contributed by atoms with Crippen molar-refractivity contribution < 1.29 is 13.6 Å². The third kappa shape index (κ3) is 5.29. The molecule has 0 bridgehead atoms. The molecule has 1 saturated heterocycles. The molecule has 1 fully saturated rings. The van der Waals surface area contributed by atoms with Crippen molar-refractivity contribution in [1.29, 1.82) is 0 Å². The van der Waals surface area contributed by atoms with Crippen molar-refractivity contribution in [1.82, 2.24) is 4.90 Å². The summed E-state index contributed by atoms with van der Waals surface area (Å²) < 4.78 is 18.7. The van der Waals surface area contributed by atoms with Crippen molar-refractivity contribution in [3.05, 3.63) is 90.1 Å². The molecule has 0 N–H and O–H groups in total. The minimum atomic E-state index is -0.184. The van der Waals surface area contributed by atoms with Crippen LogP contribution in [0.3, 0.4) is 0 Å². The summed E-state index contributed by atoms with van der Waals surface area (Å²) in [4.78, 5) is 17.4. The minimum Gasteiger partial charge on any atom is -0.459 e. The average Bonchev–Trinajstić information content (AvgIpc) is 3.29. The van der Waals surface area contributed by atoms with E-state index in [-0.39, 0.29) is 30.2 Å². The highest BCUT2D eigenvalue weighted by Crippen LogP contribution is 2.26. The van der Waals surface area contributed by atoms with E-state index in [0.29, 0.717) is 5.76 Å². The first-order valence-electron chi connectivity index (χ1n) is 10.1. The Hall–Kier alpha value is -2.63. The molecule has 1 aromatic heterocycles. The zero-order chi connectivity index (χ0) is 20.1. The Bertz CT molecular complexity index is 925. The first-order chi connectivity index (χ1) is 14.2. The second-order valence-corrected chi connectivity index (χ2v) is 7.44. The lowest BCUT2D eigenvalue weighted by molar-refractivity contribution is 0.0933. The van der Waals surface area contributed by atoms with E-state index in [4.69, 9.17) is 4.42 Å². The lowest BCUT2D eigenvalue weighted by Gasteiger charge is -2.38. The molecule has 4 nitrogen and oxygen atoms in total. The zero-order valence-corrected chi connectivity index (χ0v) is 17.6. The van der Waals surface area contributed by atoms with Gasteiger partial charge in [-0.1, -0.05) is 30.3 Å². The lowest BCUT2D eigenvalue weighted by Crippen LogP contribution is -2.48. The van der Waals surface area contributed by atoms with Crippen LogP contribution in [-0.4, -0.2) is 36.5 Å². The number of carbonyl (C=O) groups is 1. The minimum absolute atomic E-state index is 0. The standard InChI is InChI=1S/C24H25FN2O2.ClH/c25-20-7-4-6-19(18-20)11-14-26-15-12-22(13-16-26)27(21-8-2-1-3-9-21)24(28)23-10-5-17-29-23;/h1-10,17-18,22H,11-16H2;1H. The van der Waals surface area contributed by atoms with E-state index in [2.05, 4.69) is 4.90 Å². The van der Waals surface area contributed by atoms with E-state index in [1.165, 1.54) is 12.3 Å². The summed E-state index contributed by atoms with van der Waals surface area (Å²) in [5.74, 6) is 0.0814. The Morgan fingerprint density at radius 2 is 1.80 bits per heavy atom. The smallest absolute Gasteiger partial charge is 0.294 e. The van der Waals surface area contributed by atoms with Crippen molar-refractivity contribution in [2.75, 3.05) is 24.5 Å². The normalized spacial score (nSPS) is 14.8. The molecule has 1 aliphatic heterocycles. The lowest BCUT2D eigenvalue weighted by atomic mass is 10.0. The van der Waals surface area contributed by atoms with Gasteiger partial charge in [0.15, 0.2) is 5.76 Å². The van der Waals surface area contributed by atoms with E-state index in [1.807, 2.05) is 41.3 Å². The Balaban J connectivity index is 0.00000256. The highest BCUT2D eigenvalue weighted by atomic mass is 35.5. The summed E-state index contributed by atoms with van der Waals surface area (Å²) >= 11 is 0. The fraction of sp³-hybridized carbons (Fsp3) is 0.292. The van der Waals surface area contributed by atoms with E-state index in [0.717, 1.165) is 50.1 Å². The van der Waals surface area contributed by atoms with Crippen LogP contribution < -0.4 is 4.90 Å². The number of hydrogen-bond acceptors (Lipinski definition) is 3. The monoisotopic (exact) mass is 428 g/mol. The van der Waals surface area contributed by atoms with Gasteiger partial charge in [0, 0.05) is 31.4 Å². The van der Waals surface area contributed by atoms with Crippen LogP contribution in [0.25, 0.3) is 0 Å². The van der Waals surface area contributed by atoms with Gasteiger partial charge in [-0.05, 0) is 61.2 Å². The molecular formula is C24H26ClFN2O2. The molecule has 1 amide bonds. The van der Waals surface area contributed by atoms with Crippen molar-refractivity contribution in [2.45, 2.75) is 25.3 Å². The van der Waals surface area contributed by atoms with Gasteiger partial charge in [-0.25, -0.2) is 4.39 Å². The average molecular weight is 429 g/mol. The molecule has 0 aliphatic carbocycles. The van der Waals surface area contributed by atoms with Gasteiger partial charge in [0.2, 0.25) is 0 Å². The number of carbonyl (C=O) groups excluding carboxylic acids is 1. The van der Waals surface area contributed by atoms with Gasteiger partial charge < -0.3 is 14.2 Å². The van der Waals surface area contributed by atoms with Crippen molar-refractivity contribution in [3.8, 4) is 0 Å². The molecule has 6 heteroatoms. The molecule has 2 heterocycles. The van der Waals surface area contributed by atoms with Crippen LogP contribution in [-0.2, 0) is 6.42 Å². The van der Waals surface area contributed by atoms with Crippen LogP contribution in [0, 0.1) is 5.82 Å². The Morgan fingerprint density at radius 3 is 2.47 bits per heavy atom. The van der Waals surface area contributed by atoms with Gasteiger partial charge in [-0.15, -0.1) is 12.4 Å². The molecule has 30 heavy (non-hydrogen) atoms. The van der Waals surface area contributed by atoms with Crippen LogP contribution in [0.2, 0.25) is 0 Å². The maximum atomic E-state index is 13.4. The van der Waals surface area contributed by atoms with Gasteiger partial charge >= 0.3 is 0 Å². The molecule has 4 rings (SSSR count). The topological polar surface area (TPSA) is 36.7 Å². The second-order valence-electron chi connectivity index (χ2n) is 7.44. The number of nitrogens with zero attached hydrogens (tertiary/aromatic N) is 2. The number of benzene rings is 2. The molecular weight excluding hydrogens is 403 g/mol. The predicted octanol–water partition coefficient (Wildman–Crippen LogP) is 5.19. The highest BCUT2D eigenvalue weighted by molar-refractivity contribution is 6.04. The molecule has 3 aromatic rings. The predicted molar refractivity (Wildman–Crippen MR) is 119 cm³/mol. The summed E-state index contributed by atoms with van der Waals surface area (Å²) in [6.07, 6.45) is 4.15. The molecule has 1 aliphatic rings. The molecule has 0 saturated carbocycles. The fourth-order valence-electron chi connectivity index (χ4n) is 3.98. The van der Waals surface area contributed by atoms with Gasteiger partial charge in [-0.2, -0.15) is 0 Å². The number of likely N-dealkylation sites (tertiary alicyclic amines) is 1. The Kier molecular flexibility index (Phi) is 7.66. The first kappa shape index (κ1) is 22.1. The number of piperidine rings is 1. The molecule has 0 unspecified atom stereocenters. The Morgan fingerprint density at radius 1 is 1.03 bits per heavy atom. The number of furan rings is 1. The number of hydrogen-bond donors (Lipinski definition) is 0. The van der Waals surface area contributed by atoms with E-state index < -0.39 is 0 Å². The number of anilines is 1. The number of amides is 1. The number of rotatable bonds is 6. The van der Waals surface area contributed by atoms with Crippen LogP contribution in [0.15, 0.2) is 77.4 Å². The quantitative estimate of drug-likeness (QED) is 0.541. The van der Waals surface area contributed by atoms with Crippen LogP contribution in [0.1, 0.15) is 29.0 Å². The van der Waals surface area contributed by atoms with Crippen LogP contribution in [0.4, 0.5) is 10.1 Å². The van der Waals surface area contributed by atoms with Crippen LogP contribution >= 0.6 is 12.4 Å².